The van der Waals surface area contributed by atoms with Crippen LogP contribution in [0.2, 0.25) is 10.0 Å². The minimum atomic E-state index is -0.306. The Kier molecular flexibility index (Phi) is 8.68. The van der Waals surface area contributed by atoms with Crippen molar-refractivity contribution in [3.63, 3.8) is 0 Å². The van der Waals surface area contributed by atoms with Gasteiger partial charge < -0.3 is 14.6 Å². The van der Waals surface area contributed by atoms with Gasteiger partial charge in [0.25, 0.3) is 0 Å². The summed E-state index contributed by atoms with van der Waals surface area (Å²) >= 11 is 13.3. The van der Waals surface area contributed by atoms with E-state index in [0.29, 0.717) is 26.8 Å². The van der Waals surface area contributed by atoms with E-state index in [-0.39, 0.29) is 23.8 Å². The normalized spacial score (nSPS) is 12.3. The summed E-state index contributed by atoms with van der Waals surface area (Å²) in [6.45, 7) is 10.4. The Morgan fingerprint density at radius 1 is 1.06 bits per heavy atom. The second-order valence-electron chi connectivity index (χ2n) is 8.22. The summed E-state index contributed by atoms with van der Waals surface area (Å²) in [4.78, 5) is 12.5. The highest BCUT2D eigenvalue weighted by Gasteiger charge is 2.23. The third kappa shape index (κ3) is 6.43. The Morgan fingerprint density at radius 3 is 2.45 bits per heavy atom. The lowest BCUT2D eigenvalue weighted by Gasteiger charge is -2.21. The molecule has 1 atom stereocenters. The number of rotatable bonds is 9. The second kappa shape index (κ2) is 11.3. The highest BCUT2D eigenvalue weighted by Crippen LogP contribution is 2.32. The Bertz CT molecular complexity index is 1120. The largest absolute Gasteiger partial charge is 0.482 e. The van der Waals surface area contributed by atoms with Crippen molar-refractivity contribution in [1.82, 2.24) is 14.8 Å². The minimum Gasteiger partial charge on any atom is -0.482 e. The highest BCUT2D eigenvalue weighted by molar-refractivity contribution is 7.99. The van der Waals surface area contributed by atoms with Crippen LogP contribution < -0.4 is 10.1 Å². The number of hydrogen-bond donors (Lipinski definition) is 1. The molecule has 0 bridgehead atoms. The van der Waals surface area contributed by atoms with Crippen LogP contribution >= 0.6 is 35.0 Å². The van der Waals surface area contributed by atoms with Crippen molar-refractivity contribution in [2.45, 2.75) is 57.8 Å². The Hall–Kier alpha value is -2.22. The van der Waals surface area contributed by atoms with Gasteiger partial charge in [-0.1, -0.05) is 67.0 Å². The van der Waals surface area contributed by atoms with Gasteiger partial charge in [-0.3, -0.25) is 4.79 Å². The summed E-state index contributed by atoms with van der Waals surface area (Å²) in [7, 11) is 0. The number of ether oxygens (including phenoxy) is 1. The molecular weight excluding hydrogens is 479 g/mol. The summed E-state index contributed by atoms with van der Waals surface area (Å²) < 4.78 is 8.30. The van der Waals surface area contributed by atoms with Crippen LogP contribution in [0.25, 0.3) is 0 Å². The fraction of sp³-hybridized carbons (Fsp3) is 0.375. The number of carbonyl (C=O) groups excluding carboxylic acids is 1. The van der Waals surface area contributed by atoms with Gasteiger partial charge in [-0.25, -0.2) is 0 Å². The molecule has 0 spiro atoms. The standard InChI is InChI=1S/C24H28Cl2N4O2S/c1-14(2)18-8-6-7-9-21(18)32-16(5)23-28-29-24(30(23)15(3)4)33-13-22(31)27-17-10-11-19(25)20(26)12-17/h6-12,14-16H,13H2,1-5H3,(H,27,31). The molecule has 1 aromatic heterocycles. The molecule has 0 aliphatic heterocycles. The zero-order valence-electron chi connectivity index (χ0n) is 19.3. The molecule has 1 unspecified atom stereocenters. The molecule has 3 rings (SSSR count). The summed E-state index contributed by atoms with van der Waals surface area (Å²) in [6, 6.07) is 13.1. The first-order chi connectivity index (χ1) is 15.7. The first-order valence-electron chi connectivity index (χ1n) is 10.8. The maximum Gasteiger partial charge on any atom is 0.234 e. The zero-order chi connectivity index (χ0) is 24.1. The number of anilines is 1. The molecule has 33 heavy (non-hydrogen) atoms. The third-order valence-corrected chi connectivity index (χ3v) is 6.63. The average Bonchev–Trinajstić information content (AvgIpc) is 3.19. The van der Waals surface area contributed by atoms with E-state index < -0.39 is 0 Å². The van der Waals surface area contributed by atoms with Gasteiger partial charge in [0, 0.05) is 11.7 Å². The molecule has 9 heteroatoms. The Balaban J connectivity index is 1.71. The fourth-order valence-corrected chi connectivity index (χ4v) is 4.53. The van der Waals surface area contributed by atoms with E-state index in [1.54, 1.807) is 18.2 Å². The van der Waals surface area contributed by atoms with Gasteiger partial charge in [0.15, 0.2) is 17.1 Å². The number of aromatic nitrogens is 3. The van der Waals surface area contributed by atoms with E-state index in [9.17, 15) is 4.79 Å². The van der Waals surface area contributed by atoms with Gasteiger partial charge in [-0.2, -0.15) is 0 Å². The van der Waals surface area contributed by atoms with Gasteiger partial charge in [0.05, 0.1) is 15.8 Å². The Morgan fingerprint density at radius 2 is 1.79 bits per heavy atom. The molecule has 0 fully saturated rings. The van der Waals surface area contributed by atoms with Gasteiger partial charge in [-0.05, 0) is 56.5 Å². The number of amides is 1. The lowest BCUT2D eigenvalue weighted by Crippen LogP contribution is -2.17. The van der Waals surface area contributed by atoms with E-state index in [4.69, 9.17) is 27.9 Å². The molecule has 1 amide bonds. The number of nitrogens with one attached hydrogen (secondary N) is 1. The fourth-order valence-electron chi connectivity index (χ4n) is 3.36. The topological polar surface area (TPSA) is 69.0 Å². The van der Waals surface area contributed by atoms with Crippen molar-refractivity contribution >= 4 is 46.6 Å². The smallest absolute Gasteiger partial charge is 0.234 e. The molecule has 1 heterocycles. The quantitative estimate of drug-likeness (QED) is 0.311. The van der Waals surface area contributed by atoms with E-state index in [1.807, 2.05) is 29.7 Å². The predicted octanol–water partition coefficient (Wildman–Crippen LogP) is 7.16. The van der Waals surface area contributed by atoms with Crippen LogP contribution in [-0.2, 0) is 4.79 Å². The molecular formula is C24H28Cl2N4O2S. The van der Waals surface area contributed by atoms with Gasteiger partial charge in [0.1, 0.15) is 5.75 Å². The van der Waals surface area contributed by atoms with Crippen molar-refractivity contribution in [3.05, 3.63) is 63.9 Å². The van der Waals surface area contributed by atoms with Gasteiger partial charge in [-0.15, -0.1) is 10.2 Å². The van der Waals surface area contributed by atoms with Crippen molar-refractivity contribution in [3.8, 4) is 5.75 Å². The van der Waals surface area contributed by atoms with Crippen molar-refractivity contribution < 1.29 is 9.53 Å². The zero-order valence-corrected chi connectivity index (χ0v) is 21.6. The molecule has 0 saturated heterocycles. The number of para-hydroxylation sites is 1. The molecule has 0 saturated carbocycles. The van der Waals surface area contributed by atoms with E-state index in [2.05, 4.69) is 49.3 Å². The van der Waals surface area contributed by atoms with E-state index >= 15 is 0 Å². The molecule has 0 aliphatic rings. The monoisotopic (exact) mass is 506 g/mol. The first kappa shape index (κ1) is 25.4. The van der Waals surface area contributed by atoms with E-state index in [0.717, 1.165) is 17.1 Å². The molecule has 6 nitrogen and oxygen atoms in total. The Labute approximate surface area is 209 Å². The number of benzene rings is 2. The van der Waals surface area contributed by atoms with Gasteiger partial charge in [0.2, 0.25) is 5.91 Å². The summed E-state index contributed by atoms with van der Waals surface area (Å²) in [5.41, 5.74) is 1.74. The van der Waals surface area contributed by atoms with Crippen LogP contribution in [-0.4, -0.2) is 26.4 Å². The van der Waals surface area contributed by atoms with Crippen LogP contribution in [0.4, 0.5) is 5.69 Å². The lowest BCUT2D eigenvalue weighted by atomic mass is 10.0. The predicted molar refractivity (Wildman–Crippen MR) is 136 cm³/mol. The number of nitrogens with zero attached hydrogens (tertiary/aromatic N) is 3. The molecule has 3 aromatic rings. The van der Waals surface area contributed by atoms with Crippen molar-refractivity contribution in [2.24, 2.45) is 0 Å². The number of hydrogen-bond acceptors (Lipinski definition) is 5. The SMILES string of the molecule is CC(C)c1ccccc1OC(C)c1nnc(SCC(=O)Nc2ccc(Cl)c(Cl)c2)n1C(C)C. The molecule has 2 aromatic carbocycles. The van der Waals surface area contributed by atoms with Crippen molar-refractivity contribution in [2.75, 3.05) is 11.1 Å². The minimum absolute atomic E-state index is 0.0991. The maximum atomic E-state index is 12.5. The van der Waals surface area contributed by atoms with Crippen LogP contribution in [0.3, 0.4) is 0 Å². The summed E-state index contributed by atoms with van der Waals surface area (Å²) in [6.07, 6.45) is -0.306. The number of carbonyl (C=O) groups is 1. The van der Waals surface area contributed by atoms with E-state index in [1.165, 1.54) is 11.8 Å². The second-order valence-corrected chi connectivity index (χ2v) is 9.98. The van der Waals surface area contributed by atoms with Crippen LogP contribution in [0, 0.1) is 0 Å². The highest BCUT2D eigenvalue weighted by atomic mass is 35.5. The summed E-state index contributed by atoms with van der Waals surface area (Å²) in [5, 5.41) is 13.0. The maximum absolute atomic E-state index is 12.5. The van der Waals surface area contributed by atoms with Crippen LogP contribution in [0.1, 0.15) is 64.1 Å². The molecule has 176 valence electrons. The molecule has 0 aliphatic carbocycles. The molecule has 0 radical (unpaired) electrons. The summed E-state index contributed by atoms with van der Waals surface area (Å²) in [5.74, 6) is 1.91. The average molecular weight is 507 g/mol. The van der Waals surface area contributed by atoms with Crippen LogP contribution in [0.5, 0.6) is 5.75 Å². The third-order valence-electron chi connectivity index (χ3n) is 4.95. The first-order valence-corrected chi connectivity index (χ1v) is 12.5. The lowest BCUT2D eigenvalue weighted by molar-refractivity contribution is -0.113. The van der Waals surface area contributed by atoms with Gasteiger partial charge >= 0.3 is 0 Å². The molecule has 1 N–H and O–H groups in total. The number of thioether (sulfide) groups is 1. The number of halogens is 2. The van der Waals surface area contributed by atoms with Crippen LogP contribution in [0.15, 0.2) is 47.6 Å². The van der Waals surface area contributed by atoms with Crippen molar-refractivity contribution in [1.29, 1.82) is 0 Å².